The van der Waals surface area contributed by atoms with Crippen molar-refractivity contribution in [3.63, 3.8) is 0 Å². The molecule has 0 bridgehead atoms. The summed E-state index contributed by atoms with van der Waals surface area (Å²) in [5.41, 5.74) is 5.95. The maximum Gasteiger partial charge on any atom is 0.185 e. The van der Waals surface area contributed by atoms with Crippen LogP contribution >= 0.6 is 0 Å². The number of hydrogen-bond acceptors (Lipinski definition) is 3. The first-order chi connectivity index (χ1) is 7.31. The second-order valence-corrected chi connectivity index (χ2v) is 3.40. The summed E-state index contributed by atoms with van der Waals surface area (Å²) in [6.07, 6.45) is 0.332. The molecule has 80 valence electrons. The molecule has 0 saturated heterocycles. The zero-order valence-corrected chi connectivity index (χ0v) is 8.32. The molecule has 1 aromatic rings. The number of halogens is 1. The first-order valence-electron chi connectivity index (χ1n) is 4.95. The van der Waals surface area contributed by atoms with Crippen LogP contribution in [-0.4, -0.2) is 19.0 Å². The van der Waals surface area contributed by atoms with Gasteiger partial charge >= 0.3 is 0 Å². The van der Waals surface area contributed by atoms with E-state index in [0.29, 0.717) is 31.0 Å². The molecule has 2 N–H and O–H groups in total. The van der Waals surface area contributed by atoms with Crippen molar-refractivity contribution in [3.8, 4) is 0 Å². The van der Waals surface area contributed by atoms with Gasteiger partial charge in [-0.2, -0.15) is 0 Å². The van der Waals surface area contributed by atoms with Crippen LogP contribution in [0, 0.1) is 5.82 Å². The first-order valence-corrected chi connectivity index (χ1v) is 4.95. The summed E-state index contributed by atoms with van der Waals surface area (Å²) < 4.78 is 18.9. The second kappa shape index (κ2) is 4.40. The van der Waals surface area contributed by atoms with Crippen molar-refractivity contribution >= 4 is 5.90 Å². The monoisotopic (exact) mass is 208 g/mol. The smallest absolute Gasteiger partial charge is 0.185 e. The maximum atomic E-state index is 13.4. The summed E-state index contributed by atoms with van der Waals surface area (Å²) in [7, 11) is 0. The van der Waals surface area contributed by atoms with Crippen LogP contribution < -0.4 is 5.73 Å². The van der Waals surface area contributed by atoms with E-state index in [-0.39, 0.29) is 11.9 Å². The van der Waals surface area contributed by atoms with Crippen LogP contribution in [-0.2, 0) is 4.74 Å². The van der Waals surface area contributed by atoms with Crippen molar-refractivity contribution in [1.82, 2.24) is 0 Å². The average molecular weight is 208 g/mol. The molecule has 0 spiro atoms. The average Bonchev–Trinajstić information content (AvgIpc) is 2.68. The van der Waals surface area contributed by atoms with Gasteiger partial charge in [0.05, 0.1) is 6.54 Å². The van der Waals surface area contributed by atoms with Crippen molar-refractivity contribution in [3.05, 3.63) is 35.6 Å². The highest BCUT2D eigenvalue weighted by atomic mass is 19.1. The van der Waals surface area contributed by atoms with E-state index in [0.717, 1.165) is 0 Å². The number of ether oxygens (including phenoxy) is 1. The summed E-state index contributed by atoms with van der Waals surface area (Å²) in [4.78, 5) is 4.17. The van der Waals surface area contributed by atoms with E-state index in [2.05, 4.69) is 4.99 Å². The van der Waals surface area contributed by atoms with E-state index in [4.69, 9.17) is 10.5 Å². The molecule has 4 heteroatoms. The van der Waals surface area contributed by atoms with E-state index in [1.807, 2.05) is 0 Å². The lowest BCUT2D eigenvalue weighted by Crippen LogP contribution is -2.10. The van der Waals surface area contributed by atoms with Crippen LogP contribution in [0.4, 0.5) is 4.39 Å². The standard InChI is InChI=1S/C11H13FN2O/c12-9-4-2-1-3-8(9)10-7-14-11(15-10)5-6-13/h1-4,10H,5-7,13H2. The molecule has 0 saturated carbocycles. The molecular formula is C11H13FN2O. The highest BCUT2D eigenvalue weighted by molar-refractivity contribution is 5.78. The predicted molar refractivity (Wildman–Crippen MR) is 56.2 cm³/mol. The minimum atomic E-state index is -0.284. The molecular weight excluding hydrogens is 195 g/mol. The summed E-state index contributed by atoms with van der Waals surface area (Å²) >= 11 is 0. The van der Waals surface area contributed by atoms with Gasteiger partial charge in [-0.15, -0.1) is 0 Å². The summed E-state index contributed by atoms with van der Waals surface area (Å²) in [5, 5.41) is 0. The zero-order valence-electron chi connectivity index (χ0n) is 8.32. The molecule has 2 rings (SSSR count). The topological polar surface area (TPSA) is 47.6 Å². The Morgan fingerprint density at radius 1 is 1.47 bits per heavy atom. The Labute approximate surface area is 87.8 Å². The van der Waals surface area contributed by atoms with Crippen LogP contribution in [0.2, 0.25) is 0 Å². The van der Waals surface area contributed by atoms with Gasteiger partial charge in [-0.3, -0.25) is 4.99 Å². The highest BCUT2D eigenvalue weighted by Gasteiger charge is 2.23. The van der Waals surface area contributed by atoms with Gasteiger partial charge in [0, 0.05) is 18.5 Å². The van der Waals surface area contributed by atoms with Crippen LogP contribution in [0.15, 0.2) is 29.3 Å². The molecule has 0 radical (unpaired) electrons. The molecule has 0 aliphatic carbocycles. The number of rotatable bonds is 3. The van der Waals surface area contributed by atoms with Crippen molar-refractivity contribution in [2.24, 2.45) is 10.7 Å². The third-order valence-corrected chi connectivity index (χ3v) is 2.32. The lowest BCUT2D eigenvalue weighted by molar-refractivity contribution is 0.218. The quantitative estimate of drug-likeness (QED) is 0.820. The summed E-state index contributed by atoms with van der Waals surface area (Å²) in [6, 6.07) is 6.61. The molecule has 0 fully saturated rings. The summed E-state index contributed by atoms with van der Waals surface area (Å²) in [6.45, 7) is 0.985. The number of aliphatic imine (C=N–C) groups is 1. The van der Waals surface area contributed by atoms with Gasteiger partial charge in [-0.1, -0.05) is 18.2 Å². The Balaban J connectivity index is 2.07. The van der Waals surface area contributed by atoms with Crippen LogP contribution in [0.5, 0.6) is 0 Å². The van der Waals surface area contributed by atoms with Gasteiger partial charge in [0.1, 0.15) is 11.9 Å². The third kappa shape index (κ3) is 2.15. The molecule has 15 heavy (non-hydrogen) atoms. The molecule has 0 aromatic heterocycles. The van der Waals surface area contributed by atoms with Crippen molar-refractivity contribution in [1.29, 1.82) is 0 Å². The molecule has 1 aliphatic rings. The molecule has 1 heterocycles. The Morgan fingerprint density at radius 3 is 3.00 bits per heavy atom. The zero-order chi connectivity index (χ0) is 10.7. The fraction of sp³-hybridized carbons (Fsp3) is 0.364. The number of hydrogen-bond donors (Lipinski definition) is 1. The second-order valence-electron chi connectivity index (χ2n) is 3.40. The fourth-order valence-electron chi connectivity index (χ4n) is 1.58. The predicted octanol–water partition coefficient (Wildman–Crippen LogP) is 1.64. The van der Waals surface area contributed by atoms with Crippen molar-refractivity contribution in [2.45, 2.75) is 12.5 Å². The number of benzene rings is 1. The molecule has 1 aliphatic heterocycles. The third-order valence-electron chi connectivity index (χ3n) is 2.32. The largest absolute Gasteiger partial charge is 0.471 e. The van der Waals surface area contributed by atoms with Gasteiger partial charge in [-0.25, -0.2) is 4.39 Å². The van der Waals surface area contributed by atoms with E-state index in [1.54, 1.807) is 18.2 Å². The van der Waals surface area contributed by atoms with Crippen molar-refractivity contribution < 1.29 is 9.13 Å². The molecule has 3 nitrogen and oxygen atoms in total. The Morgan fingerprint density at radius 2 is 2.27 bits per heavy atom. The van der Waals surface area contributed by atoms with Gasteiger partial charge in [-0.05, 0) is 6.07 Å². The molecule has 0 amide bonds. The van der Waals surface area contributed by atoms with Gasteiger partial charge in [0.15, 0.2) is 5.90 Å². The lowest BCUT2D eigenvalue weighted by Gasteiger charge is -2.11. The first kappa shape index (κ1) is 10.1. The van der Waals surface area contributed by atoms with Crippen LogP contribution in [0.3, 0.4) is 0 Å². The molecule has 1 aromatic carbocycles. The van der Waals surface area contributed by atoms with Crippen molar-refractivity contribution in [2.75, 3.05) is 13.1 Å². The Kier molecular flexibility index (Phi) is 2.97. The Bertz CT molecular complexity index is 379. The number of nitrogens with zero attached hydrogens (tertiary/aromatic N) is 1. The number of nitrogens with two attached hydrogens (primary N) is 1. The highest BCUT2D eigenvalue weighted by Crippen LogP contribution is 2.25. The minimum absolute atomic E-state index is 0.244. The lowest BCUT2D eigenvalue weighted by atomic mass is 10.1. The van der Waals surface area contributed by atoms with Gasteiger partial charge < -0.3 is 10.5 Å². The SMILES string of the molecule is NCCC1=NCC(c2ccccc2F)O1. The normalized spacial score (nSPS) is 19.9. The van der Waals surface area contributed by atoms with E-state index < -0.39 is 0 Å². The Hall–Kier alpha value is -1.42. The van der Waals surface area contributed by atoms with Gasteiger partial charge in [0.25, 0.3) is 0 Å². The molecule has 1 atom stereocenters. The maximum absolute atomic E-state index is 13.4. The van der Waals surface area contributed by atoms with E-state index in [1.165, 1.54) is 6.07 Å². The fourth-order valence-corrected chi connectivity index (χ4v) is 1.58. The van der Waals surface area contributed by atoms with E-state index in [9.17, 15) is 4.39 Å². The van der Waals surface area contributed by atoms with Crippen LogP contribution in [0.1, 0.15) is 18.1 Å². The van der Waals surface area contributed by atoms with Gasteiger partial charge in [0.2, 0.25) is 0 Å². The van der Waals surface area contributed by atoms with E-state index >= 15 is 0 Å². The minimum Gasteiger partial charge on any atom is -0.471 e. The van der Waals surface area contributed by atoms with Crippen LogP contribution in [0.25, 0.3) is 0 Å². The molecule has 1 unspecified atom stereocenters. The summed E-state index contributed by atoms with van der Waals surface area (Å²) in [5.74, 6) is 0.387.